The molecule has 0 aliphatic heterocycles. The molecule has 0 radical (unpaired) electrons. The van der Waals surface area contributed by atoms with Crippen LogP contribution in [-0.2, 0) is 0 Å². The van der Waals surface area contributed by atoms with Crippen LogP contribution in [0.3, 0.4) is 0 Å². The molecule has 0 aliphatic rings. The minimum absolute atomic E-state index is 0.361. The average molecular weight is 308 g/mol. The molecule has 17 heavy (non-hydrogen) atoms. The van der Waals surface area contributed by atoms with Crippen molar-refractivity contribution >= 4 is 38.2 Å². The summed E-state index contributed by atoms with van der Waals surface area (Å²) < 4.78 is 1.10. The van der Waals surface area contributed by atoms with Crippen molar-refractivity contribution in [3.05, 3.63) is 57.8 Å². The first-order chi connectivity index (χ1) is 8.25. The molecule has 0 saturated heterocycles. The number of benzene rings is 1. The van der Waals surface area contributed by atoms with Crippen LogP contribution in [0.2, 0.25) is 0 Å². The summed E-state index contributed by atoms with van der Waals surface area (Å²) in [6.07, 6.45) is 1.80. The van der Waals surface area contributed by atoms with Crippen molar-refractivity contribution in [1.82, 2.24) is 4.98 Å². The predicted octanol–water partition coefficient (Wildman–Crippen LogP) is 4.45. The summed E-state index contributed by atoms with van der Waals surface area (Å²) in [5.74, 6) is 0.361. The molecule has 0 unspecified atom stereocenters. The number of hydrogen-bond donors (Lipinski definition) is 1. The number of pyridine rings is 1. The van der Waals surface area contributed by atoms with Gasteiger partial charge in [0.1, 0.15) is 5.75 Å². The number of nitrogens with zero attached hydrogens (tertiary/aromatic N) is 1. The summed E-state index contributed by atoms with van der Waals surface area (Å²) in [6, 6.07) is 11.7. The fourth-order valence-electron chi connectivity index (χ4n) is 1.30. The fourth-order valence-corrected chi connectivity index (χ4v) is 2.20. The van der Waals surface area contributed by atoms with Gasteiger partial charge in [0.05, 0.1) is 5.52 Å². The zero-order valence-electron chi connectivity index (χ0n) is 8.88. The Hall–Kier alpha value is -1.39. The van der Waals surface area contributed by atoms with Gasteiger partial charge in [0.15, 0.2) is 0 Å². The first-order valence-electron chi connectivity index (χ1n) is 4.97. The van der Waals surface area contributed by atoms with Crippen molar-refractivity contribution in [3.8, 4) is 5.75 Å². The number of aromatic hydroxyl groups is 1. The third kappa shape index (κ3) is 3.54. The molecule has 2 nitrogen and oxygen atoms in total. The van der Waals surface area contributed by atoms with Crippen molar-refractivity contribution in [3.63, 3.8) is 0 Å². The van der Waals surface area contributed by atoms with E-state index in [2.05, 4.69) is 27.0 Å². The maximum absolute atomic E-state index is 8.48. The molecule has 3 rings (SSSR count). The lowest BCUT2D eigenvalue weighted by Crippen LogP contribution is -1.75. The van der Waals surface area contributed by atoms with E-state index in [9.17, 15) is 0 Å². The zero-order valence-corrected chi connectivity index (χ0v) is 11.3. The Labute approximate surface area is 112 Å². The Bertz CT molecular complexity index is 595. The monoisotopic (exact) mass is 307 g/mol. The van der Waals surface area contributed by atoms with Crippen LogP contribution in [0.15, 0.2) is 57.8 Å². The summed E-state index contributed by atoms with van der Waals surface area (Å²) in [7, 11) is 0. The zero-order chi connectivity index (χ0) is 12.1. The third-order valence-corrected chi connectivity index (χ3v) is 3.24. The van der Waals surface area contributed by atoms with Gasteiger partial charge >= 0.3 is 0 Å². The number of halogens is 1. The molecule has 0 amide bonds. The molecule has 3 aromatic rings. The van der Waals surface area contributed by atoms with E-state index < -0.39 is 0 Å². The van der Waals surface area contributed by atoms with E-state index in [-0.39, 0.29) is 0 Å². The number of fused-ring (bicyclic) bond motifs is 1. The molecule has 86 valence electrons. The van der Waals surface area contributed by atoms with Crippen LogP contribution in [0, 0.1) is 0 Å². The van der Waals surface area contributed by atoms with E-state index in [0.29, 0.717) is 5.75 Å². The summed E-state index contributed by atoms with van der Waals surface area (Å²) in [4.78, 5) is 4.20. The highest BCUT2D eigenvalue weighted by atomic mass is 79.9. The van der Waals surface area contributed by atoms with Crippen LogP contribution >= 0.6 is 27.3 Å². The predicted molar refractivity (Wildman–Crippen MR) is 75.4 cm³/mol. The number of thiophene rings is 1. The number of rotatable bonds is 0. The highest BCUT2D eigenvalue weighted by Gasteiger charge is 1.91. The first-order valence-corrected chi connectivity index (χ1v) is 6.71. The molecular formula is C13H10BrNOS. The molecular weight excluding hydrogens is 298 g/mol. The maximum atomic E-state index is 8.48. The fraction of sp³-hybridized carbons (Fsp3) is 0. The quantitative estimate of drug-likeness (QED) is 0.665. The largest absolute Gasteiger partial charge is 0.507 e. The topological polar surface area (TPSA) is 33.1 Å². The van der Waals surface area contributed by atoms with Crippen molar-refractivity contribution in [1.29, 1.82) is 0 Å². The molecule has 0 fully saturated rings. The van der Waals surface area contributed by atoms with Gasteiger partial charge < -0.3 is 5.11 Å². The van der Waals surface area contributed by atoms with E-state index in [1.165, 1.54) is 16.7 Å². The van der Waals surface area contributed by atoms with Gasteiger partial charge in [-0.05, 0) is 35.7 Å². The Morgan fingerprint density at radius 2 is 2.06 bits per heavy atom. The summed E-state index contributed by atoms with van der Waals surface area (Å²) in [5.41, 5.74) is 1.04. The van der Waals surface area contributed by atoms with Crippen LogP contribution in [-0.4, -0.2) is 10.1 Å². The van der Waals surface area contributed by atoms with Gasteiger partial charge in [-0.25, -0.2) is 0 Å². The number of hydrogen-bond acceptors (Lipinski definition) is 3. The van der Waals surface area contributed by atoms with Crippen molar-refractivity contribution < 1.29 is 5.11 Å². The molecule has 0 spiro atoms. The summed E-state index contributed by atoms with van der Waals surface area (Å²) in [5, 5.41) is 13.2. The molecule has 0 aliphatic carbocycles. The summed E-state index contributed by atoms with van der Waals surface area (Å²) >= 11 is 4.89. The lowest BCUT2D eigenvalue weighted by atomic mass is 10.2. The molecule has 0 atom stereocenters. The van der Waals surface area contributed by atoms with E-state index in [1.807, 2.05) is 29.6 Å². The normalized spacial score (nSPS) is 9.71. The smallest absolute Gasteiger partial charge is 0.126 e. The SMILES string of the molecule is Brc1ccc2ncccc2c1.Oc1ccsc1. The van der Waals surface area contributed by atoms with Gasteiger partial charge in [-0.15, -0.1) is 11.3 Å². The second kappa shape index (κ2) is 5.80. The van der Waals surface area contributed by atoms with Crippen LogP contribution in [0.4, 0.5) is 0 Å². The van der Waals surface area contributed by atoms with Crippen molar-refractivity contribution in [2.24, 2.45) is 0 Å². The van der Waals surface area contributed by atoms with E-state index in [1.54, 1.807) is 17.6 Å². The molecule has 0 bridgehead atoms. The van der Waals surface area contributed by atoms with E-state index in [4.69, 9.17) is 5.11 Å². The second-order valence-corrected chi connectivity index (χ2v) is 5.02. The van der Waals surface area contributed by atoms with E-state index in [0.717, 1.165) is 9.99 Å². The molecule has 4 heteroatoms. The molecule has 2 aromatic heterocycles. The van der Waals surface area contributed by atoms with Gasteiger partial charge in [-0.3, -0.25) is 4.98 Å². The molecule has 0 saturated carbocycles. The maximum Gasteiger partial charge on any atom is 0.126 e. The highest BCUT2D eigenvalue weighted by molar-refractivity contribution is 9.10. The second-order valence-electron chi connectivity index (χ2n) is 3.32. The Morgan fingerprint density at radius 1 is 1.18 bits per heavy atom. The van der Waals surface area contributed by atoms with Gasteiger partial charge in [-0.2, -0.15) is 0 Å². The minimum atomic E-state index is 0.361. The van der Waals surface area contributed by atoms with Crippen LogP contribution in [0.25, 0.3) is 10.9 Å². The van der Waals surface area contributed by atoms with Crippen LogP contribution in [0.1, 0.15) is 0 Å². The Kier molecular flexibility index (Phi) is 4.12. The Morgan fingerprint density at radius 3 is 2.71 bits per heavy atom. The Balaban J connectivity index is 0.000000153. The number of aromatic nitrogens is 1. The lowest BCUT2D eigenvalue weighted by Gasteiger charge is -1.94. The van der Waals surface area contributed by atoms with Gasteiger partial charge in [0.25, 0.3) is 0 Å². The third-order valence-electron chi connectivity index (χ3n) is 2.07. The van der Waals surface area contributed by atoms with E-state index >= 15 is 0 Å². The highest BCUT2D eigenvalue weighted by Crippen LogP contribution is 2.16. The molecule has 1 aromatic carbocycles. The van der Waals surface area contributed by atoms with Gasteiger partial charge in [0, 0.05) is 21.4 Å². The van der Waals surface area contributed by atoms with Crippen molar-refractivity contribution in [2.45, 2.75) is 0 Å². The van der Waals surface area contributed by atoms with Crippen LogP contribution in [0.5, 0.6) is 5.75 Å². The molecule has 1 N–H and O–H groups in total. The van der Waals surface area contributed by atoms with Crippen LogP contribution < -0.4 is 0 Å². The lowest BCUT2D eigenvalue weighted by molar-refractivity contribution is 0.478. The van der Waals surface area contributed by atoms with Gasteiger partial charge in [0.2, 0.25) is 0 Å². The first kappa shape index (κ1) is 12.1. The summed E-state index contributed by atoms with van der Waals surface area (Å²) in [6.45, 7) is 0. The molecule has 2 heterocycles. The minimum Gasteiger partial charge on any atom is -0.507 e. The van der Waals surface area contributed by atoms with Gasteiger partial charge in [-0.1, -0.05) is 22.0 Å². The van der Waals surface area contributed by atoms with Crippen molar-refractivity contribution in [2.75, 3.05) is 0 Å². The average Bonchev–Trinajstić information content (AvgIpc) is 2.81. The standard InChI is InChI=1S/C9H6BrN.C4H4OS/c10-8-3-4-9-7(6-8)2-1-5-11-9;5-4-1-2-6-3-4/h1-6H;1-3,5H.